The predicted octanol–water partition coefficient (Wildman–Crippen LogP) is 4.53. The van der Waals surface area contributed by atoms with Gasteiger partial charge in [-0.05, 0) is 79.3 Å². The van der Waals surface area contributed by atoms with Crippen molar-refractivity contribution in [3.05, 3.63) is 64.5 Å². The van der Waals surface area contributed by atoms with E-state index in [4.69, 9.17) is 4.98 Å². The van der Waals surface area contributed by atoms with Gasteiger partial charge in [-0.1, -0.05) is 6.07 Å². The maximum absolute atomic E-state index is 4.95. The number of piperazine rings is 1. The first-order valence-electron chi connectivity index (χ1n) is 13.0. The van der Waals surface area contributed by atoms with Crippen LogP contribution in [0.2, 0.25) is 0 Å². The van der Waals surface area contributed by atoms with E-state index in [1.165, 1.54) is 5.69 Å². The van der Waals surface area contributed by atoms with Crippen molar-refractivity contribution in [2.45, 2.75) is 25.9 Å². The Balaban J connectivity index is 1.13. The van der Waals surface area contributed by atoms with E-state index in [1.54, 1.807) is 0 Å². The molecule has 37 heavy (non-hydrogen) atoms. The van der Waals surface area contributed by atoms with Crippen molar-refractivity contribution in [3.63, 3.8) is 0 Å². The van der Waals surface area contributed by atoms with Crippen LogP contribution in [0.1, 0.15) is 17.8 Å². The maximum Gasteiger partial charge on any atom is 0.159 e. The van der Waals surface area contributed by atoms with Gasteiger partial charge in [0, 0.05) is 68.5 Å². The van der Waals surface area contributed by atoms with Crippen LogP contribution in [0.3, 0.4) is 0 Å². The molecule has 0 saturated carbocycles. The summed E-state index contributed by atoms with van der Waals surface area (Å²) in [6.45, 7) is 9.21. The van der Waals surface area contributed by atoms with Gasteiger partial charge in [-0.2, -0.15) is 0 Å². The lowest BCUT2D eigenvalue weighted by Gasteiger charge is -2.36. The highest BCUT2D eigenvalue weighted by Gasteiger charge is 2.23. The fourth-order valence-electron chi connectivity index (χ4n) is 5.37. The Labute approximate surface area is 226 Å². The van der Waals surface area contributed by atoms with E-state index in [0.29, 0.717) is 6.04 Å². The number of pyridine rings is 2. The van der Waals surface area contributed by atoms with E-state index < -0.39 is 0 Å². The molecule has 0 aliphatic carbocycles. The Bertz CT molecular complexity index is 1380. The molecular formula is C28H33BrN8. The first kappa shape index (κ1) is 24.3. The number of nitrogens with zero attached hydrogens (tertiary/aromatic N) is 6. The van der Waals surface area contributed by atoms with E-state index >= 15 is 0 Å². The van der Waals surface area contributed by atoms with Gasteiger partial charge >= 0.3 is 0 Å². The van der Waals surface area contributed by atoms with Crippen molar-refractivity contribution in [1.29, 1.82) is 0 Å². The number of halogens is 1. The zero-order valence-corrected chi connectivity index (χ0v) is 23.0. The molecule has 6 rings (SSSR count). The van der Waals surface area contributed by atoms with Crippen molar-refractivity contribution in [1.82, 2.24) is 29.7 Å². The summed E-state index contributed by atoms with van der Waals surface area (Å²) in [6, 6.07) is 15.4. The van der Waals surface area contributed by atoms with Crippen molar-refractivity contribution >= 4 is 38.5 Å². The number of nitrogens with one attached hydrogen (secondary N) is 2. The van der Waals surface area contributed by atoms with E-state index in [9.17, 15) is 0 Å². The van der Waals surface area contributed by atoms with E-state index in [0.717, 1.165) is 96.3 Å². The molecule has 4 aromatic rings. The van der Waals surface area contributed by atoms with Crippen molar-refractivity contribution < 1.29 is 0 Å². The number of aryl methyl sites for hydroxylation is 1. The number of H-pyrrole nitrogens is 1. The Kier molecular flexibility index (Phi) is 6.84. The summed E-state index contributed by atoms with van der Waals surface area (Å²) in [6.07, 6.45) is 2.98. The number of hydrogen-bond donors (Lipinski definition) is 2. The first-order valence-corrected chi connectivity index (χ1v) is 13.8. The first-order chi connectivity index (χ1) is 18.0. The third-order valence-corrected chi connectivity index (χ3v) is 8.02. The maximum atomic E-state index is 4.95. The molecule has 2 fully saturated rings. The van der Waals surface area contributed by atoms with Crippen LogP contribution < -0.4 is 10.2 Å². The van der Waals surface area contributed by atoms with Crippen LogP contribution in [0.5, 0.6) is 0 Å². The summed E-state index contributed by atoms with van der Waals surface area (Å²) in [7, 11) is 2.16. The van der Waals surface area contributed by atoms with E-state index in [2.05, 4.69) is 107 Å². The number of hydrogen-bond acceptors (Lipinski definition) is 7. The monoisotopic (exact) mass is 560 g/mol. The number of likely N-dealkylation sites (tertiary alicyclic amines) is 1. The number of aromatic amines is 1. The summed E-state index contributed by atoms with van der Waals surface area (Å²) in [5.74, 6) is 0.842. The standard InChI is InChI=1S/C28H33BrN8/c1-19-4-3-5-21(31-19)18-36-12-14-37(15-13-36)23-8-6-20(7-9-23)27-33-26-25(24(29)16-30-28(26)34-27)32-22-10-11-35(2)17-22/h3-9,16,22H,10-15,17-18H2,1-2H3,(H2,30,32,33,34)/t22-/m0/s1. The summed E-state index contributed by atoms with van der Waals surface area (Å²) >= 11 is 3.68. The number of likely N-dealkylation sites (N-methyl/N-ethyl adjacent to an activating group) is 1. The predicted molar refractivity (Wildman–Crippen MR) is 153 cm³/mol. The summed E-state index contributed by atoms with van der Waals surface area (Å²) < 4.78 is 0.945. The number of rotatable bonds is 6. The second-order valence-corrected chi connectivity index (χ2v) is 11.1. The molecular weight excluding hydrogens is 528 g/mol. The molecule has 2 saturated heterocycles. The second-order valence-electron chi connectivity index (χ2n) is 10.2. The van der Waals surface area contributed by atoms with Crippen molar-refractivity contribution in [3.8, 4) is 11.4 Å². The smallest absolute Gasteiger partial charge is 0.159 e. The Morgan fingerprint density at radius 3 is 2.57 bits per heavy atom. The number of imidazole rings is 1. The van der Waals surface area contributed by atoms with Gasteiger partial charge in [0.2, 0.25) is 0 Å². The Morgan fingerprint density at radius 2 is 1.84 bits per heavy atom. The molecule has 1 aromatic carbocycles. The molecule has 2 N–H and O–H groups in total. The molecule has 0 bridgehead atoms. The lowest BCUT2D eigenvalue weighted by atomic mass is 10.1. The van der Waals surface area contributed by atoms with Gasteiger partial charge in [-0.3, -0.25) is 9.88 Å². The van der Waals surface area contributed by atoms with Gasteiger partial charge in [0.05, 0.1) is 15.9 Å². The molecule has 5 heterocycles. The minimum atomic E-state index is 0.417. The number of aromatic nitrogens is 4. The number of fused-ring (bicyclic) bond motifs is 1. The molecule has 2 aliphatic rings. The van der Waals surface area contributed by atoms with Crippen molar-refractivity contribution in [2.75, 3.05) is 56.5 Å². The Morgan fingerprint density at radius 1 is 1.03 bits per heavy atom. The third kappa shape index (κ3) is 5.35. The average molecular weight is 562 g/mol. The van der Waals surface area contributed by atoms with Gasteiger partial charge < -0.3 is 20.1 Å². The van der Waals surface area contributed by atoms with Crippen molar-refractivity contribution in [2.24, 2.45) is 0 Å². The van der Waals surface area contributed by atoms with Crippen LogP contribution in [0.4, 0.5) is 11.4 Å². The lowest BCUT2D eigenvalue weighted by Crippen LogP contribution is -2.46. The number of benzene rings is 1. The fourth-order valence-corrected chi connectivity index (χ4v) is 5.78. The minimum absolute atomic E-state index is 0.417. The SMILES string of the molecule is Cc1cccc(CN2CCN(c3ccc(-c4nc5c(N[C@H]6CCN(C)C6)c(Br)cnc5[nH]4)cc3)CC2)n1. The average Bonchev–Trinajstić information content (AvgIpc) is 3.52. The molecule has 0 spiro atoms. The molecule has 3 aromatic heterocycles. The van der Waals surface area contributed by atoms with Crippen LogP contribution >= 0.6 is 15.9 Å². The fraction of sp³-hybridized carbons (Fsp3) is 0.393. The highest BCUT2D eigenvalue weighted by molar-refractivity contribution is 9.10. The number of anilines is 2. The molecule has 1 atom stereocenters. The highest BCUT2D eigenvalue weighted by atomic mass is 79.9. The Hall–Kier alpha value is -3.01. The second kappa shape index (κ2) is 10.4. The lowest BCUT2D eigenvalue weighted by molar-refractivity contribution is 0.247. The van der Waals surface area contributed by atoms with Gasteiger partial charge in [-0.25, -0.2) is 9.97 Å². The highest BCUT2D eigenvalue weighted by Crippen LogP contribution is 2.32. The van der Waals surface area contributed by atoms with Crippen LogP contribution in [0.25, 0.3) is 22.6 Å². The summed E-state index contributed by atoms with van der Waals surface area (Å²) in [5.41, 5.74) is 7.24. The molecule has 2 aliphatic heterocycles. The molecule has 0 amide bonds. The zero-order chi connectivity index (χ0) is 25.4. The van der Waals surface area contributed by atoms with Gasteiger partial charge in [0.1, 0.15) is 11.3 Å². The van der Waals surface area contributed by atoms with Crippen LogP contribution in [0.15, 0.2) is 53.1 Å². The van der Waals surface area contributed by atoms with Gasteiger partial charge in [0.15, 0.2) is 5.65 Å². The summed E-state index contributed by atoms with van der Waals surface area (Å²) in [4.78, 5) is 24.9. The quantitative estimate of drug-likeness (QED) is 0.358. The van der Waals surface area contributed by atoms with Crippen LogP contribution in [-0.4, -0.2) is 82.1 Å². The minimum Gasteiger partial charge on any atom is -0.378 e. The molecule has 0 radical (unpaired) electrons. The molecule has 0 unspecified atom stereocenters. The molecule has 192 valence electrons. The molecule has 8 nitrogen and oxygen atoms in total. The topological polar surface area (TPSA) is 76.2 Å². The zero-order valence-electron chi connectivity index (χ0n) is 21.4. The van der Waals surface area contributed by atoms with Gasteiger partial charge in [-0.15, -0.1) is 0 Å². The molecule has 9 heteroatoms. The van der Waals surface area contributed by atoms with E-state index in [-0.39, 0.29) is 0 Å². The van der Waals surface area contributed by atoms with Crippen LogP contribution in [-0.2, 0) is 6.54 Å². The largest absolute Gasteiger partial charge is 0.378 e. The van der Waals surface area contributed by atoms with Crippen LogP contribution in [0, 0.1) is 6.92 Å². The van der Waals surface area contributed by atoms with E-state index in [1.807, 2.05) is 6.20 Å². The normalized spacial score (nSPS) is 19.1. The summed E-state index contributed by atoms with van der Waals surface area (Å²) in [5, 5.41) is 3.70. The van der Waals surface area contributed by atoms with Gasteiger partial charge in [0.25, 0.3) is 0 Å². The third-order valence-electron chi connectivity index (χ3n) is 7.42.